The monoisotopic (exact) mass is 460 g/mol. The van der Waals surface area contributed by atoms with Gasteiger partial charge < -0.3 is 0 Å². The molecule has 0 saturated carbocycles. The maximum atomic E-state index is 12.2. The molecule has 1 aromatic heterocycles. The molecule has 0 spiro atoms. The highest BCUT2D eigenvalue weighted by atomic mass is 79.9. The van der Waals surface area contributed by atoms with Crippen molar-refractivity contribution in [2.24, 2.45) is 0 Å². The van der Waals surface area contributed by atoms with Crippen molar-refractivity contribution in [3.63, 3.8) is 0 Å². The van der Waals surface area contributed by atoms with Crippen LogP contribution in [-0.4, -0.2) is 44.5 Å². The van der Waals surface area contributed by atoms with Crippen molar-refractivity contribution in [1.82, 2.24) is 19.2 Å². The summed E-state index contributed by atoms with van der Waals surface area (Å²) in [5, 5.41) is 4.21. The van der Waals surface area contributed by atoms with Crippen molar-refractivity contribution in [2.75, 3.05) is 6.26 Å². The van der Waals surface area contributed by atoms with E-state index in [1.807, 2.05) is 0 Å². The quantitative estimate of drug-likeness (QED) is 0.564. The first kappa shape index (κ1) is 22.5. The number of rotatable bonds is 8. The van der Waals surface area contributed by atoms with Crippen LogP contribution in [0.15, 0.2) is 10.7 Å². The molecule has 0 bridgehead atoms. The third-order valence-electron chi connectivity index (χ3n) is 2.77. The summed E-state index contributed by atoms with van der Waals surface area (Å²) in [5.74, 6) is 0. The van der Waals surface area contributed by atoms with Crippen LogP contribution in [-0.2, 0) is 31.1 Å². The highest BCUT2D eigenvalue weighted by Crippen LogP contribution is 2.20. The summed E-state index contributed by atoms with van der Waals surface area (Å²) in [6.45, 7) is 8.62. The van der Waals surface area contributed by atoms with Crippen LogP contribution >= 0.6 is 15.9 Å². The molecule has 0 saturated heterocycles. The SMILES string of the molecule is CC(Cn1nc(Br)cc1[C@H](C)NS(=O)(=O)NC(C)(C)C)OS(C)(=O)=O. The average Bonchev–Trinajstić information content (AvgIpc) is 2.63. The van der Waals surface area contributed by atoms with E-state index in [0.29, 0.717) is 10.3 Å². The van der Waals surface area contributed by atoms with E-state index in [9.17, 15) is 16.8 Å². The number of hydrogen-bond acceptors (Lipinski definition) is 6. The lowest BCUT2D eigenvalue weighted by Gasteiger charge is -2.23. The van der Waals surface area contributed by atoms with Crippen LogP contribution in [0.1, 0.15) is 46.4 Å². The van der Waals surface area contributed by atoms with Crippen LogP contribution in [0.3, 0.4) is 0 Å². The molecule has 0 aromatic carbocycles. The molecule has 1 heterocycles. The van der Waals surface area contributed by atoms with Crippen molar-refractivity contribution in [1.29, 1.82) is 0 Å². The van der Waals surface area contributed by atoms with Gasteiger partial charge in [0.05, 0.1) is 30.6 Å². The molecular formula is C13H25BrN4O5S2. The van der Waals surface area contributed by atoms with Gasteiger partial charge in [-0.1, -0.05) is 0 Å². The van der Waals surface area contributed by atoms with Gasteiger partial charge in [0.2, 0.25) is 0 Å². The summed E-state index contributed by atoms with van der Waals surface area (Å²) < 4.78 is 58.8. The van der Waals surface area contributed by atoms with E-state index in [0.717, 1.165) is 6.26 Å². The number of aromatic nitrogens is 2. The third-order valence-corrected chi connectivity index (χ3v) is 5.38. The molecule has 1 rings (SSSR count). The zero-order chi connectivity index (χ0) is 19.6. The lowest BCUT2D eigenvalue weighted by Crippen LogP contribution is -2.47. The van der Waals surface area contributed by atoms with E-state index < -0.39 is 38.0 Å². The number of nitrogens with zero attached hydrogens (tertiary/aromatic N) is 2. The first-order valence-corrected chi connectivity index (χ1v) is 11.6. The zero-order valence-electron chi connectivity index (χ0n) is 15.1. The zero-order valence-corrected chi connectivity index (χ0v) is 18.3. The summed E-state index contributed by atoms with van der Waals surface area (Å²) in [6.07, 6.45) is 0.315. The van der Waals surface area contributed by atoms with E-state index in [1.165, 1.54) is 4.68 Å². The molecule has 2 N–H and O–H groups in total. The van der Waals surface area contributed by atoms with Crippen molar-refractivity contribution >= 4 is 36.3 Å². The Morgan fingerprint density at radius 1 is 1.28 bits per heavy atom. The van der Waals surface area contributed by atoms with Gasteiger partial charge >= 0.3 is 0 Å². The van der Waals surface area contributed by atoms with Gasteiger partial charge in [-0.25, -0.2) is 0 Å². The summed E-state index contributed by atoms with van der Waals surface area (Å²) in [6, 6.07) is 1.07. The predicted molar refractivity (Wildman–Crippen MR) is 98.7 cm³/mol. The Morgan fingerprint density at radius 3 is 2.32 bits per heavy atom. The molecule has 0 aliphatic rings. The van der Waals surface area contributed by atoms with Gasteiger partial charge in [0, 0.05) is 5.54 Å². The minimum Gasteiger partial charge on any atom is -0.265 e. The molecule has 0 radical (unpaired) electrons. The van der Waals surface area contributed by atoms with Gasteiger partial charge in [0.1, 0.15) is 4.60 Å². The fourth-order valence-electron chi connectivity index (χ4n) is 2.19. The Bertz CT molecular complexity index is 799. The second-order valence-electron chi connectivity index (χ2n) is 6.88. The second kappa shape index (κ2) is 8.01. The van der Waals surface area contributed by atoms with Crippen molar-refractivity contribution < 1.29 is 21.0 Å². The summed E-state index contributed by atoms with van der Waals surface area (Å²) in [4.78, 5) is 0. The molecule has 1 aromatic rings. The second-order valence-corrected chi connectivity index (χ2v) is 10.7. The smallest absolute Gasteiger partial charge is 0.265 e. The fourth-order valence-corrected chi connectivity index (χ4v) is 4.73. The Hall–Kier alpha value is -0.530. The number of halogens is 1. The van der Waals surface area contributed by atoms with Crippen LogP contribution in [0.4, 0.5) is 0 Å². The largest absolute Gasteiger partial charge is 0.277 e. The Kier molecular flexibility index (Phi) is 7.21. The van der Waals surface area contributed by atoms with E-state index in [-0.39, 0.29) is 6.54 Å². The predicted octanol–water partition coefficient (Wildman–Crippen LogP) is 1.29. The molecule has 25 heavy (non-hydrogen) atoms. The van der Waals surface area contributed by atoms with Crippen LogP contribution in [0.5, 0.6) is 0 Å². The molecule has 0 fully saturated rings. The summed E-state index contributed by atoms with van der Waals surface area (Å²) in [5.41, 5.74) is -0.0559. The van der Waals surface area contributed by atoms with Gasteiger partial charge in [-0.3, -0.25) is 8.86 Å². The summed E-state index contributed by atoms with van der Waals surface area (Å²) >= 11 is 3.25. The minimum absolute atomic E-state index is 0.146. The number of nitrogens with one attached hydrogen (secondary N) is 2. The van der Waals surface area contributed by atoms with Gasteiger partial charge in [-0.05, 0) is 56.6 Å². The Morgan fingerprint density at radius 2 is 1.84 bits per heavy atom. The molecule has 0 aliphatic heterocycles. The molecule has 9 nitrogen and oxygen atoms in total. The fraction of sp³-hybridized carbons (Fsp3) is 0.769. The molecule has 12 heteroatoms. The normalized spacial score (nSPS) is 16.0. The lowest BCUT2D eigenvalue weighted by molar-refractivity contribution is 0.201. The van der Waals surface area contributed by atoms with E-state index in [2.05, 4.69) is 30.5 Å². The van der Waals surface area contributed by atoms with E-state index in [4.69, 9.17) is 4.18 Å². The first-order valence-electron chi connectivity index (χ1n) is 7.51. The number of hydrogen-bond donors (Lipinski definition) is 2. The van der Waals surface area contributed by atoms with E-state index >= 15 is 0 Å². The lowest BCUT2D eigenvalue weighted by atomic mass is 10.1. The molecule has 1 unspecified atom stereocenters. The van der Waals surface area contributed by atoms with Crippen molar-refractivity contribution in [3.05, 3.63) is 16.4 Å². The topological polar surface area (TPSA) is 119 Å². The minimum atomic E-state index is -3.73. The first-order chi connectivity index (χ1) is 11.1. The molecule has 146 valence electrons. The van der Waals surface area contributed by atoms with Gasteiger partial charge in [0.15, 0.2) is 0 Å². The van der Waals surface area contributed by atoms with Gasteiger partial charge in [0.25, 0.3) is 20.3 Å². The standard InChI is InChI=1S/C13H25BrN4O5S2/c1-9(23-24(6,19)20)8-18-11(7-12(14)15-18)10(2)16-25(21,22)17-13(3,4)5/h7,9-10,16-17H,8H2,1-6H3/t9?,10-/m0/s1. The maximum absolute atomic E-state index is 12.2. The highest BCUT2D eigenvalue weighted by Gasteiger charge is 2.25. The van der Waals surface area contributed by atoms with Gasteiger partial charge in [-0.15, -0.1) is 0 Å². The Balaban J connectivity index is 2.95. The van der Waals surface area contributed by atoms with Crippen molar-refractivity contribution in [3.8, 4) is 0 Å². The average molecular weight is 461 g/mol. The van der Waals surface area contributed by atoms with E-state index in [1.54, 1.807) is 40.7 Å². The molecule has 0 amide bonds. The molecule has 2 atom stereocenters. The Labute approximate surface area is 157 Å². The molecule has 0 aliphatic carbocycles. The maximum Gasteiger partial charge on any atom is 0.277 e. The van der Waals surface area contributed by atoms with Gasteiger partial charge in [-0.2, -0.15) is 31.4 Å². The van der Waals surface area contributed by atoms with Crippen molar-refractivity contribution in [2.45, 2.75) is 58.8 Å². The summed E-state index contributed by atoms with van der Waals surface area (Å²) in [7, 11) is -7.33. The van der Waals surface area contributed by atoms with Crippen LogP contribution < -0.4 is 9.44 Å². The third kappa shape index (κ3) is 8.60. The highest BCUT2D eigenvalue weighted by molar-refractivity contribution is 9.10. The van der Waals surface area contributed by atoms with Crippen LogP contribution in [0.2, 0.25) is 0 Å². The molecular weight excluding hydrogens is 436 g/mol. The van der Waals surface area contributed by atoms with Crippen LogP contribution in [0.25, 0.3) is 0 Å². The van der Waals surface area contributed by atoms with Crippen LogP contribution in [0, 0.1) is 0 Å².